The summed E-state index contributed by atoms with van der Waals surface area (Å²) >= 11 is 0. The first-order chi connectivity index (χ1) is 13.0. The van der Waals surface area contributed by atoms with Crippen LogP contribution in [0.1, 0.15) is 0 Å². The maximum absolute atomic E-state index is 12.3. The number of non-ortho nitro benzene ring substituents is 1. The maximum atomic E-state index is 12.3. The molecule has 0 fully saturated rings. The molecule has 9 nitrogen and oxygen atoms in total. The summed E-state index contributed by atoms with van der Waals surface area (Å²) in [5.41, 5.74) is 0.423. The molecule has 134 valence electrons. The fraction of sp³-hybridized carbons (Fsp3) is 0.0556. The quantitative estimate of drug-likeness (QED) is 0.335. The van der Waals surface area contributed by atoms with Crippen LogP contribution in [-0.4, -0.2) is 27.2 Å². The molecule has 0 radical (unpaired) electrons. The molecule has 0 saturated heterocycles. The molecule has 0 amide bonds. The molecule has 0 unspecified atom stereocenters. The van der Waals surface area contributed by atoms with Crippen molar-refractivity contribution in [1.29, 1.82) is 0 Å². The van der Waals surface area contributed by atoms with E-state index in [2.05, 4.69) is 15.2 Å². The molecule has 0 saturated carbocycles. The Morgan fingerprint density at radius 2 is 2.04 bits per heavy atom. The van der Waals surface area contributed by atoms with Gasteiger partial charge in [0.05, 0.1) is 12.0 Å². The number of methoxy groups -OCH3 is 1. The fourth-order valence-corrected chi connectivity index (χ4v) is 2.66. The number of nitro benzene ring substituents is 1. The van der Waals surface area contributed by atoms with Gasteiger partial charge in [0.2, 0.25) is 0 Å². The van der Waals surface area contributed by atoms with E-state index in [1.807, 2.05) is 0 Å². The summed E-state index contributed by atoms with van der Waals surface area (Å²) in [6.07, 6.45) is 0. The van der Waals surface area contributed by atoms with E-state index in [0.717, 1.165) is 0 Å². The Hall–Kier alpha value is -4.01. The molecule has 2 heterocycles. The molecule has 0 bridgehead atoms. The highest BCUT2D eigenvalue weighted by Gasteiger charge is 2.15. The van der Waals surface area contributed by atoms with Crippen molar-refractivity contribution in [3.8, 4) is 28.5 Å². The van der Waals surface area contributed by atoms with Gasteiger partial charge in [0.15, 0.2) is 11.6 Å². The molecule has 0 aliphatic rings. The average Bonchev–Trinajstić information content (AvgIpc) is 3.17. The number of ether oxygens (including phenoxy) is 1. The van der Waals surface area contributed by atoms with Crippen molar-refractivity contribution >= 4 is 16.7 Å². The van der Waals surface area contributed by atoms with E-state index in [9.17, 15) is 14.9 Å². The van der Waals surface area contributed by atoms with Crippen LogP contribution in [0.15, 0.2) is 57.7 Å². The summed E-state index contributed by atoms with van der Waals surface area (Å²) in [5.74, 6) is 1.06. The van der Waals surface area contributed by atoms with Crippen molar-refractivity contribution in [2.24, 2.45) is 0 Å². The third-order valence-electron chi connectivity index (χ3n) is 4.00. The number of rotatable bonds is 4. The Morgan fingerprint density at radius 3 is 2.81 bits per heavy atom. The number of fused-ring (bicyclic) bond motifs is 1. The van der Waals surface area contributed by atoms with Crippen LogP contribution >= 0.6 is 0 Å². The fourth-order valence-electron chi connectivity index (χ4n) is 2.66. The lowest BCUT2D eigenvalue weighted by Crippen LogP contribution is -2.03. The smallest absolute Gasteiger partial charge is 0.347 e. The van der Waals surface area contributed by atoms with Crippen LogP contribution in [0.25, 0.3) is 33.7 Å². The average molecular weight is 364 g/mol. The van der Waals surface area contributed by atoms with Gasteiger partial charge in [0.1, 0.15) is 16.9 Å². The summed E-state index contributed by atoms with van der Waals surface area (Å²) in [7, 11) is 1.54. The zero-order valence-electron chi connectivity index (χ0n) is 14.0. The van der Waals surface area contributed by atoms with Crippen LogP contribution in [0.3, 0.4) is 0 Å². The van der Waals surface area contributed by atoms with Crippen molar-refractivity contribution in [2.45, 2.75) is 0 Å². The van der Waals surface area contributed by atoms with Crippen LogP contribution in [0.4, 0.5) is 5.69 Å². The first-order valence-corrected chi connectivity index (χ1v) is 7.84. The lowest BCUT2D eigenvalue weighted by atomic mass is 10.1. The first kappa shape index (κ1) is 16.5. The summed E-state index contributed by atoms with van der Waals surface area (Å²) in [6, 6.07) is 12.6. The van der Waals surface area contributed by atoms with Crippen molar-refractivity contribution in [3.63, 3.8) is 0 Å². The largest absolute Gasteiger partial charge is 0.497 e. The van der Waals surface area contributed by atoms with E-state index in [0.29, 0.717) is 22.3 Å². The number of nitrogens with zero attached hydrogens (tertiary/aromatic N) is 3. The second-order valence-electron chi connectivity index (χ2n) is 5.67. The summed E-state index contributed by atoms with van der Waals surface area (Å²) in [4.78, 5) is 27.0. The van der Waals surface area contributed by atoms with Gasteiger partial charge in [0.25, 0.3) is 5.69 Å². The third kappa shape index (κ3) is 3.01. The lowest BCUT2D eigenvalue weighted by Gasteiger charge is -2.02. The van der Waals surface area contributed by atoms with Crippen LogP contribution < -0.4 is 10.4 Å². The van der Waals surface area contributed by atoms with E-state index in [4.69, 9.17) is 9.15 Å². The number of nitrogens with one attached hydrogen (secondary N) is 1. The van der Waals surface area contributed by atoms with Gasteiger partial charge in [-0.3, -0.25) is 15.2 Å². The SMILES string of the molecule is COc1ccc2oc(=O)c(-c3nc(-c4cccc([N+](=O)[O-])c4)n[nH]3)cc2c1. The molecule has 0 atom stereocenters. The molecule has 27 heavy (non-hydrogen) atoms. The highest BCUT2D eigenvalue weighted by atomic mass is 16.6. The molecule has 0 aliphatic carbocycles. The van der Waals surface area contributed by atoms with E-state index in [1.54, 1.807) is 43.5 Å². The topological polar surface area (TPSA) is 124 Å². The van der Waals surface area contributed by atoms with Crippen LogP contribution in [0, 0.1) is 10.1 Å². The van der Waals surface area contributed by atoms with Crippen LogP contribution in [0.2, 0.25) is 0 Å². The number of hydrogen-bond acceptors (Lipinski definition) is 7. The minimum absolute atomic E-state index is 0.0730. The minimum Gasteiger partial charge on any atom is -0.497 e. The highest BCUT2D eigenvalue weighted by molar-refractivity contribution is 5.82. The van der Waals surface area contributed by atoms with Crippen molar-refractivity contribution in [2.75, 3.05) is 7.11 Å². The Bertz CT molecular complexity index is 1230. The normalized spacial score (nSPS) is 10.9. The van der Waals surface area contributed by atoms with Gasteiger partial charge in [-0.2, -0.15) is 5.10 Å². The van der Waals surface area contributed by atoms with E-state index in [1.165, 1.54) is 12.1 Å². The van der Waals surface area contributed by atoms with Gasteiger partial charge >= 0.3 is 5.63 Å². The standard InChI is InChI=1S/C18H12N4O5/c1-26-13-5-6-15-11(8-13)9-14(18(23)27-15)17-19-16(20-21-17)10-3-2-4-12(7-10)22(24)25/h2-9H,1H3,(H,19,20,21). The number of H-pyrrole nitrogens is 1. The highest BCUT2D eigenvalue weighted by Crippen LogP contribution is 2.25. The third-order valence-corrected chi connectivity index (χ3v) is 4.00. The molecule has 4 rings (SSSR count). The Kier molecular flexibility index (Phi) is 3.88. The number of nitro groups is 1. The van der Waals surface area contributed by atoms with E-state index >= 15 is 0 Å². The van der Waals surface area contributed by atoms with Gasteiger partial charge < -0.3 is 9.15 Å². The lowest BCUT2D eigenvalue weighted by molar-refractivity contribution is -0.384. The first-order valence-electron chi connectivity index (χ1n) is 7.84. The number of hydrogen-bond donors (Lipinski definition) is 1. The molecule has 2 aromatic carbocycles. The molecule has 9 heteroatoms. The monoisotopic (exact) mass is 364 g/mol. The van der Waals surface area contributed by atoms with Gasteiger partial charge in [0, 0.05) is 23.1 Å². The predicted molar refractivity (Wildman–Crippen MR) is 96.5 cm³/mol. The molecule has 2 aromatic heterocycles. The maximum Gasteiger partial charge on any atom is 0.347 e. The molecule has 0 aliphatic heterocycles. The van der Waals surface area contributed by atoms with E-state index in [-0.39, 0.29) is 22.9 Å². The van der Waals surface area contributed by atoms with Crippen molar-refractivity contribution in [3.05, 3.63) is 69.1 Å². The minimum atomic E-state index is -0.575. The van der Waals surface area contributed by atoms with Gasteiger partial charge in [-0.15, -0.1) is 0 Å². The predicted octanol–water partition coefficient (Wildman–Crippen LogP) is 3.16. The van der Waals surface area contributed by atoms with Crippen molar-refractivity contribution in [1.82, 2.24) is 15.2 Å². The summed E-state index contributed by atoms with van der Waals surface area (Å²) < 4.78 is 10.5. The number of aromatic amines is 1. The number of benzene rings is 2. The zero-order valence-corrected chi connectivity index (χ0v) is 14.0. The van der Waals surface area contributed by atoms with Crippen LogP contribution in [-0.2, 0) is 0 Å². The summed E-state index contributed by atoms with van der Waals surface area (Å²) in [6.45, 7) is 0. The molecular formula is C18H12N4O5. The number of aromatic nitrogens is 3. The second-order valence-corrected chi connectivity index (χ2v) is 5.67. The zero-order chi connectivity index (χ0) is 19.0. The molecule has 0 spiro atoms. The molecule has 4 aromatic rings. The van der Waals surface area contributed by atoms with E-state index < -0.39 is 10.5 Å². The summed E-state index contributed by atoms with van der Waals surface area (Å²) in [5, 5.41) is 18.3. The molecule has 1 N–H and O–H groups in total. The van der Waals surface area contributed by atoms with Gasteiger partial charge in [-0.25, -0.2) is 9.78 Å². The van der Waals surface area contributed by atoms with Gasteiger partial charge in [-0.05, 0) is 24.3 Å². The Balaban J connectivity index is 1.79. The Morgan fingerprint density at radius 1 is 1.19 bits per heavy atom. The van der Waals surface area contributed by atoms with Crippen LogP contribution in [0.5, 0.6) is 5.75 Å². The van der Waals surface area contributed by atoms with Crippen molar-refractivity contribution < 1.29 is 14.1 Å². The molecular weight excluding hydrogens is 352 g/mol. The second kappa shape index (κ2) is 6.37. The Labute approximate surface area is 151 Å². The van der Waals surface area contributed by atoms with Gasteiger partial charge in [-0.1, -0.05) is 12.1 Å².